The van der Waals surface area contributed by atoms with Gasteiger partial charge in [-0.25, -0.2) is 0 Å². The number of benzene rings is 1. The minimum absolute atomic E-state index is 0.459. The first-order chi connectivity index (χ1) is 8.79. The normalized spacial score (nSPS) is 22.4. The van der Waals surface area contributed by atoms with E-state index in [1.807, 2.05) is 0 Å². The van der Waals surface area contributed by atoms with Crippen molar-refractivity contribution in [3.63, 3.8) is 0 Å². The van der Waals surface area contributed by atoms with E-state index >= 15 is 0 Å². The molecular formula is C15H22BrNO. The minimum Gasteiger partial charge on any atom is -0.381 e. The van der Waals surface area contributed by atoms with E-state index in [0.717, 1.165) is 30.5 Å². The number of halogens is 1. The van der Waals surface area contributed by atoms with E-state index in [4.69, 9.17) is 4.74 Å². The maximum absolute atomic E-state index is 5.52. The SMILES string of the molecule is CCC(NC1CCCOCC1)c1ccc(Br)cc1. The zero-order valence-corrected chi connectivity index (χ0v) is 12.6. The fourth-order valence-electron chi connectivity index (χ4n) is 2.50. The number of nitrogens with one attached hydrogen (secondary N) is 1. The lowest BCUT2D eigenvalue weighted by Gasteiger charge is -2.24. The summed E-state index contributed by atoms with van der Waals surface area (Å²) in [5.74, 6) is 0. The van der Waals surface area contributed by atoms with Crippen LogP contribution in [0, 0.1) is 0 Å². The number of rotatable bonds is 4. The Morgan fingerprint density at radius 2 is 2.06 bits per heavy atom. The molecular weight excluding hydrogens is 290 g/mol. The highest BCUT2D eigenvalue weighted by Crippen LogP contribution is 2.21. The number of hydrogen-bond donors (Lipinski definition) is 1. The fraction of sp³-hybridized carbons (Fsp3) is 0.600. The molecule has 0 aliphatic carbocycles. The van der Waals surface area contributed by atoms with Crippen LogP contribution in [0.1, 0.15) is 44.2 Å². The van der Waals surface area contributed by atoms with Gasteiger partial charge in [0.15, 0.2) is 0 Å². The van der Waals surface area contributed by atoms with Gasteiger partial charge in [0.1, 0.15) is 0 Å². The highest BCUT2D eigenvalue weighted by atomic mass is 79.9. The van der Waals surface area contributed by atoms with Crippen molar-refractivity contribution in [2.45, 2.75) is 44.7 Å². The van der Waals surface area contributed by atoms with Gasteiger partial charge in [0.2, 0.25) is 0 Å². The molecule has 3 heteroatoms. The summed E-state index contributed by atoms with van der Waals surface area (Å²) in [5.41, 5.74) is 1.38. The summed E-state index contributed by atoms with van der Waals surface area (Å²) in [6.45, 7) is 4.06. The Labute approximate surface area is 118 Å². The van der Waals surface area contributed by atoms with Gasteiger partial charge in [-0.15, -0.1) is 0 Å². The van der Waals surface area contributed by atoms with E-state index in [2.05, 4.69) is 52.4 Å². The molecule has 1 aromatic carbocycles. The molecule has 2 unspecified atom stereocenters. The maximum Gasteiger partial charge on any atom is 0.0480 e. The predicted molar refractivity (Wildman–Crippen MR) is 78.8 cm³/mol. The van der Waals surface area contributed by atoms with Gasteiger partial charge >= 0.3 is 0 Å². The summed E-state index contributed by atoms with van der Waals surface area (Å²) in [7, 11) is 0. The molecule has 0 bridgehead atoms. The smallest absolute Gasteiger partial charge is 0.0480 e. The molecule has 1 aliphatic rings. The summed E-state index contributed by atoms with van der Waals surface area (Å²) >= 11 is 3.49. The standard InChI is InChI=1S/C15H22BrNO/c1-2-15(12-5-7-13(16)8-6-12)17-14-4-3-10-18-11-9-14/h5-8,14-15,17H,2-4,9-11H2,1H3. The van der Waals surface area contributed by atoms with Gasteiger partial charge in [-0.3, -0.25) is 0 Å². The maximum atomic E-state index is 5.52. The Balaban J connectivity index is 1.97. The molecule has 1 aliphatic heterocycles. The first kappa shape index (κ1) is 14.0. The third-order valence-corrected chi connectivity index (χ3v) is 4.10. The summed E-state index contributed by atoms with van der Waals surface area (Å²) in [6.07, 6.45) is 4.66. The zero-order chi connectivity index (χ0) is 12.8. The van der Waals surface area contributed by atoms with Gasteiger partial charge in [-0.2, -0.15) is 0 Å². The first-order valence-corrected chi connectivity index (χ1v) is 7.68. The average Bonchev–Trinajstić information content (AvgIpc) is 2.66. The first-order valence-electron chi connectivity index (χ1n) is 6.89. The van der Waals surface area contributed by atoms with E-state index in [0.29, 0.717) is 12.1 Å². The van der Waals surface area contributed by atoms with Crippen molar-refractivity contribution in [1.29, 1.82) is 0 Å². The van der Waals surface area contributed by atoms with Crippen molar-refractivity contribution < 1.29 is 4.74 Å². The van der Waals surface area contributed by atoms with Crippen molar-refractivity contribution in [2.75, 3.05) is 13.2 Å². The lowest BCUT2D eigenvalue weighted by atomic mass is 10.0. The molecule has 0 amide bonds. The summed E-state index contributed by atoms with van der Waals surface area (Å²) in [6, 6.07) is 9.71. The van der Waals surface area contributed by atoms with Crippen molar-refractivity contribution in [1.82, 2.24) is 5.32 Å². The fourth-order valence-corrected chi connectivity index (χ4v) is 2.76. The van der Waals surface area contributed by atoms with Crippen molar-refractivity contribution in [3.8, 4) is 0 Å². The second-order valence-electron chi connectivity index (χ2n) is 4.92. The highest BCUT2D eigenvalue weighted by molar-refractivity contribution is 9.10. The summed E-state index contributed by atoms with van der Waals surface area (Å²) in [5, 5.41) is 3.79. The molecule has 1 aromatic rings. The minimum atomic E-state index is 0.459. The van der Waals surface area contributed by atoms with Gasteiger partial charge < -0.3 is 10.1 Å². The monoisotopic (exact) mass is 311 g/mol. The van der Waals surface area contributed by atoms with Gasteiger partial charge in [0, 0.05) is 29.8 Å². The molecule has 1 heterocycles. The van der Waals surface area contributed by atoms with E-state index in [1.54, 1.807) is 0 Å². The Kier molecular flexibility index (Phi) is 5.67. The van der Waals surface area contributed by atoms with E-state index in [1.165, 1.54) is 18.4 Å². The Morgan fingerprint density at radius 3 is 2.78 bits per heavy atom. The van der Waals surface area contributed by atoms with Crippen molar-refractivity contribution in [2.24, 2.45) is 0 Å². The van der Waals surface area contributed by atoms with E-state index in [-0.39, 0.29) is 0 Å². The molecule has 0 spiro atoms. The molecule has 18 heavy (non-hydrogen) atoms. The van der Waals surface area contributed by atoms with Crippen LogP contribution in [0.15, 0.2) is 28.7 Å². The second-order valence-corrected chi connectivity index (χ2v) is 5.83. The lowest BCUT2D eigenvalue weighted by Crippen LogP contribution is -2.32. The zero-order valence-electron chi connectivity index (χ0n) is 11.0. The van der Waals surface area contributed by atoms with Crippen LogP contribution in [0.5, 0.6) is 0 Å². The Bertz CT molecular complexity index is 344. The third kappa shape index (κ3) is 4.08. The van der Waals surface area contributed by atoms with Crippen LogP contribution in [-0.4, -0.2) is 19.3 Å². The number of hydrogen-bond acceptors (Lipinski definition) is 2. The van der Waals surface area contributed by atoms with Crippen LogP contribution in [0.25, 0.3) is 0 Å². The topological polar surface area (TPSA) is 21.3 Å². The van der Waals surface area contributed by atoms with Gasteiger partial charge in [-0.1, -0.05) is 35.0 Å². The molecule has 2 atom stereocenters. The summed E-state index contributed by atoms with van der Waals surface area (Å²) < 4.78 is 6.66. The van der Waals surface area contributed by atoms with Crippen molar-refractivity contribution in [3.05, 3.63) is 34.3 Å². The van der Waals surface area contributed by atoms with Gasteiger partial charge in [0.25, 0.3) is 0 Å². The van der Waals surface area contributed by atoms with Crippen molar-refractivity contribution >= 4 is 15.9 Å². The quantitative estimate of drug-likeness (QED) is 0.905. The predicted octanol–water partition coefficient (Wildman–Crippen LogP) is 4.06. The van der Waals surface area contributed by atoms with Gasteiger partial charge in [-0.05, 0) is 43.4 Å². The van der Waals surface area contributed by atoms with Crippen LogP contribution in [0.4, 0.5) is 0 Å². The Hall–Kier alpha value is -0.380. The highest BCUT2D eigenvalue weighted by Gasteiger charge is 2.17. The molecule has 0 saturated carbocycles. The molecule has 2 nitrogen and oxygen atoms in total. The van der Waals surface area contributed by atoms with E-state index in [9.17, 15) is 0 Å². The Morgan fingerprint density at radius 1 is 1.28 bits per heavy atom. The van der Waals surface area contributed by atoms with Crippen LogP contribution in [-0.2, 0) is 4.74 Å². The van der Waals surface area contributed by atoms with Crippen LogP contribution >= 0.6 is 15.9 Å². The lowest BCUT2D eigenvalue weighted by molar-refractivity contribution is 0.142. The molecule has 100 valence electrons. The molecule has 0 aromatic heterocycles. The largest absolute Gasteiger partial charge is 0.381 e. The molecule has 0 radical (unpaired) electrons. The average molecular weight is 312 g/mol. The molecule has 1 N–H and O–H groups in total. The number of ether oxygens (including phenoxy) is 1. The summed E-state index contributed by atoms with van der Waals surface area (Å²) in [4.78, 5) is 0. The third-order valence-electron chi connectivity index (χ3n) is 3.57. The van der Waals surface area contributed by atoms with Gasteiger partial charge in [0.05, 0.1) is 0 Å². The second kappa shape index (κ2) is 7.27. The molecule has 2 rings (SSSR count). The van der Waals surface area contributed by atoms with Crippen LogP contribution < -0.4 is 5.32 Å². The van der Waals surface area contributed by atoms with Crippen LogP contribution in [0.3, 0.4) is 0 Å². The van der Waals surface area contributed by atoms with E-state index < -0.39 is 0 Å². The molecule has 1 saturated heterocycles. The van der Waals surface area contributed by atoms with Crippen LogP contribution in [0.2, 0.25) is 0 Å². The molecule has 1 fully saturated rings.